The van der Waals surface area contributed by atoms with Crippen molar-refractivity contribution < 1.29 is 22.7 Å². The normalized spacial score (nSPS) is 21.6. The van der Waals surface area contributed by atoms with Crippen LogP contribution in [0.2, 0.25) is 0 Å². The molecule has 1 aliphatic rings. The lowest BCUT2D eigenvalue weighted by atomic mass is 10.0. The summed E-state index contributed by atoms with van der Waals surface area (Å²) in [5.41, 5.74) is 0.814. The number of benzene rings is 1. The van der Waals surface area contributed by atoms with Crippen LogP contribution >= 0.6 is 0 Å². The third-order valence-electron chi connectivity index (χ3n) is 4.33. The number of nitrogens with one attached hydrogen (secondary N) is 1. The molecule has 1 saturated heterocycles. The molecule has 0 bridgehead atoms. The summed E-state index contributed by atoms with van der Waals surface area (Å²) in [4.78, 5) is 24.1. The highest BCUT2D eigenvalue weighted by Gasteiger charge is 2.39. The maximum atomic E-state index is 12.1. The Hall–Kier alpha value is -2.49. The quantitative estimate of drug-likeness (QED) is 0.741. The van der Waals surface area contributed by atoms with Gasteiger partial charge < -0.3 is 10.1 Å². The lowest BCUT2D eigenvalue weighted by Crippen LogP contribution is -2.48. The van der Waals surface area contributed by atoms with Crippen LogP contribution in [0.4, 0.5) is 0 Å². The molecule has 3 rings (SSSR count). The number of carbonyl (C=O) groups is 2. The van der Waals surface area contributed by atoms with E-state index in [0.717, 1.165) is 5.52 Å². The average molecular weight is 380 g/mol. The second-order valence-corrected chi connectivity index (χ2v) is 8.82. The molecule has 26 heavy (non-hydrogen) atoms. The van der Waals surface area contributed by atoms with Gasteiger partial charge in [0.1, 0.15) is 5.52 Å². The largest absolute Gasteiger partial charge is 0.452 e. The van der Waals surface area contributed by atoms with Gasteiger partial charge in [-0.15, -0.1) is 5.10 Å². The number of hydrogen-bond acceptors (Lipinski definition) is 7. The van der Waals surface area contributed by atoms with Crippen molar-refractivity contribution in [2.75, 3.05) is 18.1 Å². The first-order valence-corrected chi connectivity index (χ1v) is 10.1. The smallest absolute Gasteiger partial charge is 0.338 e. The molecular formula is C16H20N4O5S. The summed E-state index contributed by atoms with van der Waals surface area (Å²) in [5.74, 6) is -1.25. The number of rotatable bonds is 5. The van der Waals surface area contributed by atoms with Crippen LogP contribution in [0.1, 0.15) is 30.6 Å². The van der Waals surface area contributed by atoms with E-state index >= 15 is 0 Å². The van der Waals surface area contributed by atoms with Crippen molar-refractivity contribution in [1.82, 2.24) is 20.3 Å². The van der Waals surface area contributed by atoms with E-state index < -0.39 is 33.9 Å². The minimum atomic E-state index is -3.13. The van der Waals surface area contributed by atoms with Crippen molar-refractivity contribution >= 4 is 32.7 Å². The van der Waals surface area contributed by atoms with Crippen LogP contribution < -0.4 is 5.32 Å². The molecule has 2 aromatic rings. The molecule has 0 saturated carbocycles. The first-order chi connectivity index (χ1) is 12.2. The van der Waals surface area contributed by atoms with Gasteiger partial charge in [0, 0.05) is 6.54 Å². The molecule has 0 aliphatic carbocycles. The van der Waals surface area contributed by atoms with Crippen LogP contribution in [0.25, 0.3) is 11.0 Å². The van der Waals surface area contributed by atoms with Crippen molar-refractivity contribution in [3.63, 3.8) is 0 Å². The van der Waals surface area contributed by atoms with Crippen molar-refractivity contribution in [2.45, 2.75) is 32.4 Å². The third-order valence-corrected chi connectivity index (χ3v) is 6.23. The lowest BCUT2D eigenvalue weighted by molar-refractivity contribution is -0.125. The Balaban J connectivity index is 1.59. The molecule has 140 valence electrons. The fourth-order valence-corrected chi connectivity index (χ4v) is 5.12. The predicted octanol–water partition coefficient (Wildman–Crippen LogP) is 0.301. The first-order valence-electron chi connectivity index (χ1n) is 8.23. The van der Waals surface area contributed by atoms with Gasteiger partial charge >= 0.3 is 5.97 Å². The van der Waals surface area contributed by atoms with Crippen molar-refractivity contribution in [3.8, 4) is 0 Å². The van der Waals surface area contributed by atoms with Gasteiger partial charge in [-0.3, -0.25) is 4.79 Å². The van der Waals surface area contributed by atoms with Gasteiger partial charge in [-0.1, -0.05) is 5.21 Å². The number of sulfone groups is 1. The molecule has 1 aromatic heterocycles. The molecule has 1 amide bonds. The van der Waals surface area contributed by atoms with E-state index in [1.165, 1.54) is 0 Å². The molecule has 1 atom stereocenters. The maximum Gasteiger partial charge on any atom is 0.338 e. The van der Waals surface area contributed by atoms with E-state index in [-0.39, 0.29) is 17.1 Å². The zero-order valence-electron chi connectivity index (χ0n) is 14.6. The fraction of sp³-hybridized carbons (Fsp3) is 0.500. The molecule has 1 fully saturated rings. The van der Waals surface area contributed by atoms with Crippen LogP contribution in [0.5, 0.6) is 0 Å². The standard InChI is InChI=1S/C16H20N4O5S/c1-3-20-13-5-4-11(8-12(13)18-19-20)15(22)25-9-14(21)17-16(2)6-7-26(23,24)10-16/h4-5,8H,3,6-7,9-10H2,1-2H3,(H,17,21)/t16-/m0/s1. The van der Waals surface area contributed by atoms with Gasteiger partial charge in [0.25, 0.3) is 5.91 Å². The molecule has 0 unspecified atom stereocenters. The molecule has 1 aliphatic heterocycles. The van der Waals surface area contributed by atoms with Crippen LogP contribution in [-0.4, -0.2) is 58.9 Å². The monoisotopic (exact) mass is 380 g/mol. The van der Waals surface area contributed by atoms with E-state index in [2.05, 4.69) is 15.6 Å². The molecule has 0 radical (unpaired) electrons. The SMILES string of the molecule is CCn1nnc2cc(C(=O)OCC(=O)N[C@@]3(C)CCS(=O)(=O)C3)ccc21. The Kier molecular flexibility index (Phi) is 4.70. The summed E-state index contributed by atoms with van der Waals surface area (Å²) in [7, 11) is -3.13. The highest BCUT2D eigenvalue weighted by molar-refractivity contribution is 7.91. The summed E-state index contributed by atoms with van der Waals surface area (Å²) in [6.45, 7) is 3.79. The minimum absolute atomic E-state index is 0.0437. The number of aromatic nitrogens is 3. The van der Waals surface area contributed by atoms with Crippen LogP contribution in [0.15, 0.2) is 18.2 Å². The molecule has 0 spiro atoms. The Bertz CT molecular complexity index is 968. The van der Waals surface area contributed by atoms with Gasteiger partial charge in [0.2, 0.25) is 0 Å². The molecular weight excluding hydrogens is 360 g/mol. The van der Waals surface area contributed by atoms with Crippen LogP contribution in [0, 0.1) is 0 Å². The molecule has 9 nitrogen and oxygen atoms in total. The number of esters is 1. The number of nitrogens with zero attached hydrogens (tertiary/aromatic N) is 3. The number of aryl methyl sites for hydroxylation is 1. The zero-order chi connectivity index (χ0) is 18.9. The predicted molar refractivity (Wildman–Crippen MR) is 93.3 cm³/mol. The van der Waals surface area contributed by atoms with Gasteiger partial charge in [-0.2, -0.15) is 0 Å². The molecule has 1 N–H and O–H groups in total. The summed E-state index contributed by atoms with van der Waals surface area (Å²) >= 11 is 0. The van der Waals surface area contributed by atoms with Gasteiger partial charge in [-0.05, 0) is 38.5 Å². The van der Waals surface area contributed by atoms with Gasteiger partial charge in [-0.25, -0.2) is 17.9 Å². The van der Waals surface area contributed by atoms with E-state index in [4.69, 9.17) is 4.74 Å². The number of fused-ring (bicyclic) bond motifs is 1. The zero-order valence-corrected chi connectivity index (χ0v) is 15.4. The topological polar surface area (TPSA) is 120 Å². The number of amides is 1. The van der Waals surface area contributed by atoms with E-state index in [1.807, 2.05) is 6.92 Å². The van der Waals surface area contributed by atoms with Gasteiger partial charge in [0.15, 0.2) is 16.4 Å². The van der Waals surface area contributed by atoms with E-state index in [1.54, 1.807) is 29.8 Å². The second kappa shape index (κ2) is 6.67. The Morgan fingerprint density at radius 1 is 1.38 bits per heavy atom. The molecule has 2 heterocycles. The summed E-state index contributed by atoms with van der Waals surface area (Å²) in [5, 5.41) is 10.6. The summed E-state index contributed by atoms with van der Waals surface area (Å²) in [6.07, 6.45) is 0.346. The number of ether oxygens (including phenoxy) is 1. The Morgan fingerprint density at radius 2 is 2.15 bits per heavy atom. The number of carbonyl (C=O) groups excluding carboxylic acids is 2. The van der Waals surface area contributed by atoms with E-state index in [9.17, 15) is 18.0 Å². The highest BCUT2D eigenvalue weighted by atomic mass is 32.2. The molecule has 10 heteroatoms. The third kappa shape index (κ3) is 3.85. The van der Waals surface area contributed by atoms with Crippen molar-refractivity contribution in [1.29, 1.82) is 0 Å². The summed E-state index contributed by atoms with van der Waals surface area (Å²) < 4.78 is 29.8. The lowest BCUT2D eigenvalue weighted by Gasteiger charge is -2.23. The number of hydrogen-bond donors (Lipinski definition) is 1. The highest BCUT2D eigenvalue weighted by Crippen LogP contribution is 2.22. The van der Waals surface area contributed by atoms with Crippen LogP contribution in [-0.2, 0) is 25.9 Å². The average Bonchev–Trinajstić information content (AvgIpc) is 3.11. The van der Waals surface area contributed by atoms with Crippen LogP contribution in [0.3, 0.4) is 0 Å². The Labute approximate surface area is 150 Å². The fourth-order valence-electron chi connectivity index (χ4n) is 3.03. The van der Waals surface area contributed by atoms with Gasteiger partial charge in [0.05, 0.1) is 28.1 Å². The molecule has 1 aromatic carbocycles. The van der Waals surface area contributed by atoms with E-state index in [0.29, 0.717) is 18.5 Å². The van der Waals surface area contributed by atoms with Crippen molar-refractivity contribution in [2.24, 2.45) is 0 Å². The Morgan fingerprint density at radius 3 is 2.81 bits per heavy atom. The van der Waals surface area contributed by atoms with Crippen molar-refractivity contribution in [3.05, 3.63) is 23.8 Å². The second-order valence-electron chi connectivity index (χ2n) is 6.64. The summed E-state index contributed by atoms with van der Waals surface area (Å²) in [6, 6.07) is 4.86. The first kappa shape index (κ1) is 18.3. The maximum absolute atomic E-state index is 12.1. The minimum Gasteiger partial charge on any atom is -0.452 e.